The number of hydrogen-bond acceptors (Lipinski definition) is 3. The molecule has 2 rings (SSSR count). The van der Waals surface area contributed by atoms with Gasteiger partial charge in [0.1, 0.15) is 0 Å². The third-order valence-electron chi connectivity index (χ3n) is 3.85. The summed E-state index contributed by atoms with van der Waals surface area (Å²) in [5.74, 6) is 0.185. The number of hydrogen-bond donors (Lipinski definition) is 0. The molecular formula is C15H25NO3. The number of carbonyl (C=O) groups is 1. The Bertz CT molecular complexity index is 326. The van der Waals surface area contributed by atoms with E-state index in [0.29, 0.717) is 6.10 Å². The number of nitrogens with zero attached hydrogens (tertiary/aromatic N) is 1. The fourth-order valence-corrected chi connectivity index (χ4v) is 2.73. The number of amides is 1. The van der Waals surface area contributed by atoms with Crippen molar-refractivity contribution in [2.45, 2.75) is 51.7 Å². The molecule has 2 aliphatic rings. The summed E-state index contributed by atoms with van der Waals surface area (Å²) in [5, 5.41) is 0. The van der Waals surface area contributed by atoms with E-state index in [2.05, 4.69) is 6.92 Å². The zero-order valence-corrected chi connectivity index (χ0v) is 12.1. The predicted octanol–water partition coefficient (Wildman–Crippen LogP) is 2.14. The van der Waals surface area contributed by atoms with Crippen LogP contribution in [0.2, 0.25) is 0 Å². The van der Waals surface area contributed by atoms with Gasteiger partial charge in [-0.3, -0.25) is 4.79 Å². The van der Waals surface area contributed by atoms with E-state index >= 15 is 0 Å². The lowest BCUT2D eigenvalue weighted by molar-refractivity contribution is -0.130. The van der Waals surface area contributed by atoms with Crippen LogP contribution in [0.3, 0.4) is 0 Å². The molecule has 0 aromatic heterocycles. The van der Waals surface area contributed by atoms with Crippen molar-refractivity contribution in [3.05, 3.63) is 11.6 Å². The van der Waals surface area contributed by atoms with E-state index in [0.717, 1.165) is 57.6 Å². The van der Waals surface area contributed by atoms with Gasteiger partial charge in [-0.05, 0) is 32.6 Å². The van der Waals surface area contributed by atoms with Gasteiger partial charge in [-0.25, -0.2) is 0 Å². The monoisotopic (exact) mass is 267 g/mol. The molecule has 2 fully saturated rings. The van der Waals surface area contributed by atoms with Crippen molar-refractivity contribution in [2.24, 2.45) is 0 Å². The standard InChI is InChI=1S/C15H25NO3/c1-3-4-12(2)15(17)16-8-5-13(6-9-16)19-14-7-10-18-11-14/h4,13-14H,3,5-11H2,1-2H3/b12-4+. The molecule has 0 radical (unpaired) electrons. The minimum atomic E-state index is 0.185. The van der Waals surface area contributed by atoms with Crippen molar-refractivity contribution in [3.63, 3.8) is 0 Å². The lowest BCUT2D eigenvalue weighted by atomic mass is 10.1. The summed E-state index contributed by atoms with van der Waals surface area (Å²) in [7, 11) is 0. The quantitative estimate of drug-likeness (QED) is 0.733. The van der Waals surface area contributed by atoms with E-state index in [-0.39, 0.29) is 12.0 Å². The largest absolute Gasteiger partial charge is 0.379 e. The van der Waals surface area contributed by atoms with Gasteiger partial charge in [0.05, 0.1) is 18.8 Å². The number of carbonyl (C=O) groups excluding carboxylic acids is 1. The van der Waals surface area contributed by atoms with E-state index in [1.807, 2.05) is 17.9 Å². The zero-order valence-electron chi connectivity index (χ0n) is 12.1. The highest BCUT2D eigenvalue weighted by Gasteiger charge is 2.27. The summed E-state index contributed by atoms with van der Waals surface area (Å²) >= 11 is 0. The molecule has 4 heteroatoms. The first kappa shape index (κ1) is 14.5. The maximum absolute atomic E-state index is 12.1. The Kier molecular flexibility index (Phi) is 5.40. The number of rotatable bonds is 4. The van der Waals surface area contributed by atoms with Crippen molar-refractivity contribution < 1.29 is 14.3 Å². The third-order valence-corrected chi connectivity index (χ3v) is 3.85. The van der Waals surface area contributed by atoms with Crippen molar-refractivity contribution in [1.82, 2.24) is 4.90 Å². The van der Waals surface area contributed by atoms with Gasteiger partial charge in [-0.2, -0.15) is 0 Å². The lowest BCUT2D eigenvalue weighted by Crippen LogP contribution is -2.42. The minimum absolute atomic E-state index is 0.185. The van der Waals surface area contributed by atoms with Gasteiger partial charge in [-0.15, -0.1) is 0 Å². The van der Waals surface area contributed by atoms with Crippen LogP contribution in [-0.2, 0) is 14.3 Å². The third kappa shape index (κ3) is 4.05. The number of likely N-dealkylation sites (tertiary alicyclic amines) is 1. The van der Waals surface area contributed by atoms with Crippen LogP contribution in [0, 0.1) is 0 Å². The molecule has 1 amide bonds. The highest BCUT2D eigenvalue weighted by Crippen LogP contribution is 2.20. The molecule has 2 heterocycles. The SMILES string of the molecule is CC/C=C(\C)C(=O)N1CCC(OC2CCOC2)CC1. The maximum atomic E-state index is 12.1. The Hall–Kier alpha value is -0.870. The Labute approximate surface area is 115 Å². The van der Waals surface area contributed by atoms with E-state index in [4.69, 9.17) is 9.47 Å². The molecule has 108 valence electrons. The summed E-state index contributed by atoms with van der Waals surface area (Å²) in [4.78, 5) is 14.1. The second kappa shape index (κ2) is 7.06. The number of piperidine rings is 1. The molecule has 2 aliphatic heterocycles. The van der Waals surface area contributed by atoms with Gasteiger partial charge in [0.25, 0.3) is 0 Å². The fourth-order valence-electron chi connectivity index (χ4n) is 2.73. The van der Waals surface area contributed by atoms with Crippen molar-refractivity contribution in [3.8, 4) is 0 Å². The van der Waals surface area contributed by atoms with Crippen LogP contribution in [0.15, 0.2) is 11.6 Å². The summed E-state index contributed by atoms with van der Waals surface area (Å²) in [5.41, 5.74) is 0.867. The van der Waals surface area contributed by atoms with Gasteiger partial charge in [0.2, 0.25) is 5.91 Å². The van der Waals surface area contributed by atoms with E-state index in [1.165, 1.54) is 0 Å². The molecule has 1 unspecified atom stereocenters. The van der Waals surface area contributed by atoms with Crippen LogP contribution in [-0.4, -0.2) is 49.3 Å². The molecule has 2 saturated heterocycles. The van der Waals surface area contributed by atoms with Crippen LogP contribution in [0.4, 0.5) is 0 Å². The molecule has 0 aromatic carbocycles. The smallest absolute Gasteiger partial charge is 0.249 e. The van der Waals surface area contributed by atoms with Crippen LogP contribution < -0.4 is 0 Å². The molecule has 0 saturated carbocycles. The highest BCUT2D eigenvalue weighted by atomic mass is 16.5. The average molecular weight is 267 g/mol. The molecule has 0 bridgehead atoms. The van der Waals surface area contributed by atoms with Crippen LogP contribution in [0.1, 0.15) is 39.5 Å². The first-order valence-electron chi connectivity index (χ1n) is 7.40. The van der Waals surface area contributed by atoms with E-state index < -0.39 is 0 Å². The predicted molar refractivity (Wildman–Crippen MR) is 74.0 cm³/mol. The topological polar surface area (TPSA) is 38.8 Å². The zero-order chi connectivity index (χ0) is 13.7. The molecular weight excluding hydrogens is 242 g/mol. The first-order valence-corrected chi connectivity index (χ1v) is 7.40. The van der Waals surface area contributed by atoms with E-state index in [1.54, 1.807) is 0 Å². The van der Waals surface area contributed by atoms with Crippen molar-refractivity contribution in [1.29, 1.82) is 0 Å². The fraction of sp³-hybridized carbons (Fsp3) is 0.800. The average Bonchev–Trinajstić information content (AvgIpc) is 2.92. The highest BCUT2D eigenvalue weighted by molar-refractivity contribution is 5.92. The van der Waals surface area contributed by atoms with Crippen LogP contribution >= 0.6 is 0 Å². The van der Waals surface area contributed by atoms with Gasteiger partial charge >= 0.3 is 0 Å². The first-order chi connectivity index (χ1) is 9.20. The second-order valence-electron chi connectivity index (χ2n) is 5.41. The van der Waals surface area contributed by atoms with Gasteiger partial charge in [0.15, 0.2) is 0 Å². The molecule has 0 aromatic rings. The Morgan fingerprint density at radius 3 is 2.63 bits per heavy atom. The minimum Gasteiger partial charge on any atom is -0.379 e. The van der Waals surface area contributed by atoms with Crippen molar-refractivity contribution in [2.75, 3.05) is 26.3 Å². The molecule has 0 aliphatic carbocycles. The number of ether oxygens (including phenoxy) is 2. The molecule has 19 heavy (non-hydrogen) atoms. The summed E-state index contributed by atoms with van der Waals surface area (Å²) < 4.78 is 11.3. The molecule has 4 nitrogen and oxygen atoms in total. The summed E-state index contributed by atoms with van der Waals surface area (Å²) in [6.07, 6.45) is 6.39. The van der Waals surface area contributed by atoms with Gasteiger partial charge in [0, 0.05) is 25.3 Å². The van der Waals surface area contributed by atoms with Crippen molar-refractivity contribution >= 4 is 5.91 Å². The maximum Gasteiger partial charge on any atom is 0.249 e. The van der Waals surface area contributed by atoms with Crippen LogP contribution in [0.5, 0.6) is 0 Å². The summed E-state index contributed by atoms with van der Waals surface area (Å²) in [6.45, 7) is 7.14. The number of allylic oxidation sites excluding steroid dienone is 1. The Morgan fingerprint density at radius 1 is 1.32 bits per heavy atom. The lowest BCUT2D eigenvalue weighted by Gasteiger charge is -2.33. The summed E-state index contributed by atoms with van der Waals surface area (Å²) in [6, 6.07) is 0. The molecule has 1 atom stereocenters. The Morgan fingerprint density at radius 2 is 2.05 bits per heavy atom. The molecule has 0 spiro atoms. The Balaban J connectivity index is 1.75. The normalized spacial score (nSPS) is 25.9. The molecule has 0 N–H and O–H groups in total. The van der Waals surface area contributed by atoms with Gasteiger partial charge < -0.3 is 14.4 Å². The van der Waals surface area contributed by atoms with Crippen LogP contribution in [0.25, 0.3) is 0 Å². The second-order valence-corrected chi connectivity index (χ2v) is 5.41. The van der Waals surface area contributed by atoms with E-state index in [9.17, 15) is 4.79 Å². The van der Waals surface area contributed by atoms with Gasteiger partial charge in [-0.1, -0.05) is 13.0 Å².